The highest BCUT2D eigenvalue weighted by Gasteiger charge is 2.45. The van der Waals surface area contributed by atoms with E-state index in [0.29, 0.717) is 17.1 Å². The van der Waals surface area contributed by atoms with Crippen LogP contribution in [0.25, 0.3) is 0 Å². The van der Waals surface area contributed by atoms with Crippen LogP contribution in [0.2, 0.25) is 0 Å². The van der Waals surface area contributed by atoms with Crippen molar-refractivity contribution in [2.24, 2.45) is 0 Å². The first-order chi connectivity index (χ1) is 12.0. The minimum absolute atomic E-state index is 0.0145. The highest BCUT2D eigenvalue weighted by atomic mass is 16.6. The van der Waals surface area contributed by atoms with Gasteiger partial charge >= 0.3 is 11.9 Å². The highest BCUT2D eigenvalue weighted by molar-refractivity contribution is 6.05. The van der Waals surface area contributed by atoms with Gasteiger partial charge < -0.3 is 14.2 Å². The number of methoxy groups -OCH3 is 1. The average molecular weight is 340 g/mol. The Bertz CT molecular complexity index is 736. The van der Waals surface area contributed by atoms with Crippen molar-refractivity contribution < 1.29 is 23.8 Å². The average Bonchev–Trinajstić information content (AvgIpc) is 2.66. The van der Waals surface area contributed by atoms with E-state index in [2.05, 4.69) is 6.58 Å². The molecule has 0 N–H and O–H groups in total. The van der Waals surface area contributed by atoms with Gasteiger partial charge in [0.05, 0.1) is 7.11 Å². The van der Waals surface area contributed by atoms with Gasteiger partial charge in [-0.2, -0.15) is 0 Å². The van der Waals surface area contributed by atoms with E-state index in [4.69, 9.17) is 14.2 Å². The molecule has 0 aliphatic heterocycles. The van der Waals surface area contributed by atoms with Crippen LogP contribution in [0, 0.1) is 0 Å². The monoisotopic (exact) mass is 340 g/mol. The Balaban J connectivity index is 2.27. The smallest absolute Gasteiger partial charge is 0.328 e. The van der Waals surface area contributed by atoms with Gasteiger partial charge in [0, 0.05) is 0 Å². The molecular formula is C20H20O5. The fourth-order valence-corrected chi connectivity index (χ4v) is 2.28. The Morgan fingerprint density at radius 2 is 1.60 bits per heavy atom. The summed E-state index contributed by atoms with van der Waals surface area (Å²) in [7, 11) is 1.23. The summed E-state index contributed by atoms with van der Waals surface area (Å²) in [4.78, 5) is 24.6. The quantitative estimate of drug-likeness (QED) is 0.437. The zero-order valence-corrected chi connectivity index (χ0v) is 14.2. The van der Waals surface area contributed by atoms with Crippen molar-refractivity contribution in [2.45, 2.75) is 12.3 Å². The normalized spacial score (nSPS) is 12.6. The van der Waals surface area contributed by atoms with Crippen LogP contribution < -0.4 is 4.74 Å². The maximum absolute atomic E-state index is 12.4. The summed E-state index contributed by atoms with van der Waals surface area (Å²) in [5.74, 6) is -0.118. The number of para-hydroxylation sites is 1. The van der Waals surface area contributed by atoms with Crippen molar-refractivity contribution in [1.29, 1.82) is 0 Å². The third-order valence-electron chi connectivity index (χ3n) is 3.74. The lowest BCUT2D eigenvalue weighted by Gasteiger charge is -2.25. The molecule has 130 valence electrons. The predicted octanol–water partition coefficient (Wildman–Crippen LogP) is 3.64. The van der Waals surface area contributed by atoms with Crippen molar-refractivity contribution in [3.63, 3.8) is 0 Å². The number of hydrogen-bond acceptors (Lipinski definition) is 5. The summed E-state index contributed by atoms with van der Waals surface area (Å²) in [6, 6.07) is 16.0. The minimum atomic E-state index is -1.57. The molecule has 0 fully saturated rings. The molecule has 5 heteroatoms. The zero-order chi connectivity index (χ0) is 18.3. The van der Waals surface area contributed by atoms with Crippen molar-refractivity contribution in [1.82, 2.24) is 0 Å². The Morgan fingerprint density at radius 1 is 1.00 bits per heavy atom. The minimum Gasteiger partial charge on any atom is -0.468 e. The second kappa shape index (κ2) is 8.15. The number of rotatable bonds is 7. The molecule has 0 spiro atoms. The van der Waals surface area contributed by atoms with Gasteiger partial charge in [-0.15, -0.1) is 0 Å². The molecule has 2 rings (SSSR count). The Kier molecular flexibility index (Phi) is 5.95. The molecule has 5 nitrogen and oxygen atoms in total. The summed E-state index contributed by atoms with van der Waals surface area (Å²) >= 11 is 0. The molecular weight excluding hydrogens is 320 g/mol. The van der Waals surface area contributed by atoms with Crippen molar-refractivity contribution in [3.8, 4) is 11.5 Å². The van der Waals surface area contributed by atoms with E-state index < -0.39 is 17.4 Å². The number of benzene rings is 2. The number of esters is 2. The first-order valence-corrected chi connectivity index (χ1v) is 7.72. The molecule has 0 aromatic heterocycles. The molecule has 0 bridgehead atoms. The summed E-state index contributed by atoms with van der Waals surface area (Å²) < 4.78 is 15.6. The second-order valence-electron chi connectivity index (χ2n) is 5.44. The molecule has 1 unspecified atom stereocenters. The lowest BCUT2D eigenvalue weighted by atomic mass is 9.82. The van der Waals surface area contributed by atoms with Crippen molar-refractivity contribution in [3.05, 3.63) is 72.8 Å². The Morgan fingerprint density at radius 3 is 2.16 bits per heavy atom. The largest absolute Gasteiger partial charge is 0.468 e. The van der Waals surface area contributed by atoms with E-state index in [1.165, 1.54) is 20.1 Å². The van der Waals surface area contributed by atoms with E-state index in [1.807, 2.05) is 30.3 Å². The fourth-order valence-electron chi connectivity index (χ4n) is 2.28. The SMILES string of the molecule is C=CCOC(=O)C(C)(C(=O)OC)c1ccc(Oc2ccccc2)cc1. The molecule has 0 saturated carbocycles. The van der Waals surface area contributed by atoms with Gasteiger partial charge in [0.25, 0.3) is 0 Å². The highest BCUT2D eigenvalue weighted by Crippen LogP contribution is 2.30. The molecule has 1 atom stereocenters. The number of carbonyl (C=O) groups is 2. The van der Waals surface area contributed by atoms with Crippen LogP contribution in [0.5, 0.6) is 11.5 Å². The maximum atomic E-state index is 12.4. The van der Waals surface area contributed by atoms with Gasteiger partial charge in [0.2, 0.25) is 0 Å². The first-order valence-electron chi connectivity index (χ1n) is 7.72. The van der Waals surface area contributed by atoms with Crippen LogP contribution in [0.1, 0.15) is 12.5 Å². The van der Waals surface area contributed by atoms with Gasteiger partial charge in [-0.05, 0) is 36.8 Å². The fraction of sp³-hybridized carbons (Fsp3) is 0.200. The van der Waals surface area contributed by atoms with Crippen molar-refractivity contribution >= 4 is 11.9 Å². The molecule has 0 aliphatic rings. The molecule has 0 saturated heterocycles. The first kappa shape index (κ1) is 18.3. The lowest BCUT2D eigenvalue weighted by Crippen LogP contribution is -2.43. The Hall–Kier alpha value is -3.08. The standard InChI is InChI=1S/C20H20O5/c1-4-14-24-19(22)20(2,18(21)23-3)15-10-12-17(13-11-15)25-16-8-6-5-7-9-16/h4-13H,1,14H2,2-3H3. The molecule has 2 aromatic carbocycles. The van der Waals surface area contributed by atoms with Crippen molar-refractivity contribution in [2.75, 3.05) is 13.7 Å². The van der Waals surface area contributed by atoms with Crippen LogP contribution in [0.3, 0.4) is 0 Å². The lowest BCUT2D eigenvalue weighted by molar-refractivity contribution is -0.162. The maximum Gasteiger partial charge on any atom is 0.328 e. The van der Waals surface area contributed by atoms with E-state index in [-0.39, 0.29) is 6.61 Å². The van der Waals surface area contributed by atoms with Gasteiger partial charge in [0.1, 0.15) is 18.1 Å². The van der Waals surface area contributed by atoms with E-state index in [9.17, 15) is 9.59 Å². The molecule has 0 aliphatic carbocycles. The summed E-state index contributed by atoms with van der Waals surface area (Å²) in [6.07, 6.45) is 1.44. The number of ether oxygens (including phenoxy) is 3. The predicted molar refractivity (Wildman–Crippen MR) is 93.5 cm³/mol. The van der Waals surface area contributed by atoms with Crippen LogP contribution in [-0.4, -0.2) is 25.7 Å². The molecule has 0 amide bonds. The van der Waals surface area contributed by atoms with E-state index >= 15 is 0 Å². The molecule has 0 radical (unpaired) electrons. The van der Waals surface area contributed by atoms with Crippen LogP contribution >= 0.6 is 0 Å². The second-order valence-corrected chi connectivity index (χ2v) is 5.44. The number of carbonyl (C=O) groups excluding carboxylic acids is 2. The third kappa shape index (κ3) is 4.07. The van der Waals surface area contributed by atoms with E-state index in [1.54, 1.807) is 24.3 Å². The molecule has 2 aromatic rings. The van der Waals surface area contributed by atoms with Crippen LogP contribution in [0.4, 0.5) is 0 Å². The zero-order valence-electron chi connectivity index (χ0n) is 14.2. The molecule has 25 heavy (non-hydrogen) atoms. The van der Waals surface area contributed by atoms with E-state index in [0.717, 1.165) is 0 Å². The van der Waals surface area contributed by atoms with Crippen LogP contribution in [0.15, 0.2) is 67.3 Å². The summed E-state index contributed by atoms with van der Waals surface area (Å²) in [6.45, 7) is 4.98. The van der Waals surface area contributed by atoms with Gasteiger partial charge in [-0.25, -0.2) is 0 Å². The van der Waals surface area contributed by atoms with Gasteiger partial charge in [-0.3, -0.25) is 9.59 Å². The summed E-state index contributed by atoms with van der Waals surface area (Å²) in [5.41, 5.74) is -1.11. The topological polar surface area (TPSA) is 61.8 Å². The van der Waals surface area contributed by atoms with Crippen LogP contribution in [-0.2, 0) is 24.5 Å². The molecule has 0 heterocycles. The third-order valence-corrected chi connectivity index (χ3v) is 3.74. The van der Waals surface area contributed by atoms with Gasteiger partial charge in [-0.1, -0.05) is 43.0 Å². The van der Waals surface area contributed by atoms with Gasteiger partial charge in [0.15, 0.2) is 5.41 Å². The number of hydrogen-bond donors (Lipinski definition) is 0. The summed E-state index contributed by atoms with van der Waals surface area (Å²) in [5, 5.41) is 0. The Labute approximate surface area is 146 Å².